The van der Waals surface area contributed by atoms with Crippen molar-refractivity contribution in [2.75, 3.05) is 9.80 Å². The van der Waals surface area contributed by atoms with E-state index in [0.717, 1.165) is 57.8 Å². The van der Waals surface area contributed by atoms with E-state index in [4.69, 9.17) is 30.7 Å². The molecule has 0 unspecified atom stereocenters. The molecule has 7 heteroatoms. The first-order valence-electron chi connectivity index (χ1n) is 19.6. The van der Waals surface area contributed by atoms with Crippen molar-refractivity contribution in [3.63, 3.8) is 0 Å². The first kappa shape index (κ1) is 46.4. The Kier molecular flexibility index (Phi) is 22.6. The van der Waals surface area contributed by atoms with Crippen molar-refractivity contribution in [1.82, 2.24) is 4.98 Å². The Morgan fingerprint density at radius 3 is 1.19 bits per heavy atom. The number of para-hydroxylation sites is 2. The third-order valence-corrected chi connectivity index (χ3v) is 10.7. The average molecular weight is 860 g/mol. The van der Waals surface area contributed by atoms with Gasteiger partial charge in [-0.05, 0) is 97.3 Å². The molecule has 0 atom stereocenters. The molecular weight excluding hydrogens is 795 g/mol. The van der Waals surface area contributed by atoms with Crippen LogP contribution in [0.4, 0.5) is 11.4 Å². The number of aromatic nitrogens is 1. The van der Waals surface area contributed by atoms with Crippen LogP contribution in [0.2, 0.25) is 5.02 Å². The van der Waals surface area contributed by atoms with E-state index in [2.05, 4.69) is 145 Å². The topological polar surface area (TPSA) is 19.4 Å². The van der Waals surface area contributed by atoms with Crippen molar-refractivity contribution >= 4 is 42.0 Å². The van der Waals surface area contributed by atoms with Crippen LogP contribution >= 0.6 is 30.7 Å². The van der Waals surface area contributed by atoms with Crippen molar-refractivity contribution in [3.8, 4) is 0 Å². The van der Waals surface area contributed by atoms with E-state index < -0.39 is 0 Å². The maximum absolute atomic E-state index is 5.42. The first-order valence-corrected chi connectivity index (χ1v) is 24.0. The van der Waals surface area contributed by atoms with E-state index in [0.29, 0.717) is 34.6 Å². The molecule has 0 N–H and O–H groups in total. The van der Waals surface area contributed by atoms with Crippen molar-refractivity contribution in [1.29, 1.82) is 0 Å². The van der Waals surface area contributed by atoms with E-state index in [1.807, 2.05) is 0 Å². The van der Waals surface area contributed by atoms with Crippen LogP contribution < -0.4 is 9.80 Å². The summed E-state index contributed by atoms with van der Waals surface area (Å²) in [5.41, 5.74) is 8.80. The molecule has 1 aliphatic heterocycles. The normalized spacial score (nSPS) is 12.7. The summed E-state index contributed by atoms with van der Waals surface area (Å²) in [5, 5.41) is 0.558. The minimum absolute atomic E-state index is 0.106. The second-order valence-corrected chi connectivity index (χ2v) is 16.7. The summed E-state index contributed by atoms with van der Waals surface area (Å²) in [5.74, 6) is 3.91. The molecule has 0 bridgehead atoms. The van der Waals surface area contributed by atoms with Gasteiger partial charge in [0.15, 0.2) is 0 Å². The third-order valence-electron chi connectivity index (χ3n) is 10.4. The van der Waals surface area contributed by atoms with E-state index in [9.17, 15) is 0 Å². The van der Waals surface area contributed by atoms with Crippen LogP contribution in [0.1, 0.15) is 173 Å². The van der Waals surface area contributed by atoms with Gasteiger partial charge in [0, 0.05) is 12.4 Å². The fraction of sp³-hybridized carbons (Fsp3) is 0.533. The molecule has 2 heterocycles. The number of rotatable bonds is 16. The number of benzene rings is 2. The maximum atomic E-state index is 5.42. The quantitative estimate of drug-likeness (QED) is 0.106. The molecule has 3 aromatic rings. The molecule has 1 aliphatic rings. The van der Waals surface area contributed by atoms with Crippen LogP contribution in [-0.2, 0) is 15.9 Å². The van der Waals surface area contributed by atoms with Gasteiger partial charge in [0.05, 0.1) is 11.4 Å². The summed E-state index contributed by atoms with van der Waals surface area (Å²) < 4.78 is 0. The van der Waals surface area contributed by atoms with Gasteiger partial charge in [0.25, 0.3) is 0 Å². The summed E-state index contributed by atoms with van der Waals surface area (Å²) in [7, 11) is 9.63. The zero-order valence-corrected chi connectivity index (χ0v) is 37.2. The SMILES string of the molecule is CCC(CC)c1cccc(C(CC)CC)c1N1C=CN(c2c(C(CC)CC)cccc2C(CC)CC)C1=[C-]CC(C)C.Clc1[c-]nccc1.[Cl][Pd][Cl]. The van der Waals surface area contributed by atoms with Gasteiger partial charge in [0.1, 0.15) is 0 Å². The molecule has 52 heavy (non-hydrogen) atoms. The standard InChI is InChI=1S/C40H61N2.C5H3ClN.2ClH.Pd/c1-11-30(12-2)34-21-19-22-35(31(13-3)14-4)39(34)41-27-28-42(38(41)26-25-29(9)10)40-36(32(15-5)16-6)23-20-24-37(40)33(17-7)18-8;6-5-2-1-3-7-4-5;;;/h19-24,27-33H,11-18,25H2,1-10H3;1-3H;2*1H;/q2*-1;;;+2/p-2. The van der Waals surface area contributed by atoms with Gasteiger partial charge < -0.3 is 20.9 Å². The number of hydrogen-bond acceptors (Lipinski definition) is 3. The fourth-order valence-electron chi connectivity index (χ4n) is 7.47. The minimum atomic E-state index is -0.106. The zero-order chi connectivity index (χ0) is 38.6. The predicted octanol–water partition coefficient (Wildman–Crippen LogP) is 15.7. The number of allylic oxidation sites excluding steroid dienone is 1. The van der Waals surface area contributed by atoms with Gasteiger partial charge in [-0.15, -0.1) is 17.7 Å². The van der Waals surface area contributed by atoms with Crippen LogP contribution in [0.25, 0.3) is 0 Å². The Balaban J connectivity index is 0.000000812. The van der Waals surface area contributed by atoms with Gasteiger partial charge in [-0.3, -0.25) is 0 Å². The Morgan fingerprint density at radius 2 is 0.962 bits per heavy atom. The molecule has 0 saturated heterocycles. The van der Waals surface area contributed by atoms with E-state index in [-0.39, 0.29) is 15.9 Å². The Labute approximate surface area is 339 Å². The van der Waals surface area contributed by atoms with E-state index in [1.54, 1.807) is 18.3 Å². The van der Waals surface area contributed by atoms with Crippen LogP contribution in [0.3, 0.4) is 0 Å². The summed E-state index contributed by atoms with van der Waals surface area (Å²) in [4.78, 5) is 8.69. The molecule has 0 fully saturated rings. The Bertz CT molecular complexity index is 1330. The second kappa shape index (κ2) is 25.3. The van der Waals surface area contributed by atoms with Crippen LogP contribution in [-0.4, -0.2) is 4.98 Å². The van der Waals surface area contributed by atoms with Gasteiger partial charge in [0.2, 0.25) is 0 Å². The molecule has 0 radical (unpaired) electrons. The summed E-state index contributed by atoms with van der Waals surface area (Å²) in [6, 6.07) is 17.8. The number of hydrogen-bond donors (Lipinski definition) is 0. The number of nitrogens with zero attached hydrogens (tertiary/aromatic N) is 3. The molecule has 4 rings (SSSR count). The van der Waals surface area contributed by atoms with Crippen molar-refractivity contribution in [2.45, 2.75) is 151 Å². The predicted molar refractivity (Wildman–Crippen MR) is 226 cm³/mol. The third kappa shape index (κ3) is 12.6. The van der Waals surface area contributed by atoms with E-state index >= 15 is 0 Å². The van der Waals surface area contributed by atoms with Crippen molar-refractivity contribution < 1.29 is 15.9 Å². The molecule has 0 saturated carbocycles. The Morgan fingerprint density at radius 1 is 0.615 bits per heavy atom. The monoisotopic (exact) mass is 857 g/mol. The molecule has 2 aromatic carbocycles. The molecule has 292 valence electrons. The molecule has 0 amide bonds. The molecule has 3 nitrogen and oxygen atoms in total. The Hall–Kier alpha value is -1.80. The molecule has 1 aromatic heterocycles. The molecule has 0 spiro atoms. The van der Waals surface area contributed by atoms with Gasteiger partial charge in [-0.25, -0.2) is 0 Å². The average Bonchev–Trinajstić information content (AvgIpc) is 3.57. The number of anilines is 2. The van der Waals surface area contributed by atoms with E-state index in [1.165, 1.54) is 39.4 Å². The number of pyridine rings is 1. The first-order chi connectivity index (χ1) is 25.2. The zero-order valence-electron chi connectivity index (χ0n) is 33.4. The summed E-state index contributed by atoms with van der Waals surface area (Å²) in [6.45, 7) is 23.4. The van der Waals surface area contributed by atoms with Crippen LogP contribution in [0.5, 0.6) is 0 Å². The molecule has 0 aliphatic carbocycles. The van der Waals surface area contributed by atoms with Gasteiger partial charge in [-0.2, -0.15) is 12.5 Å². The van der Waals surface area contributed by atoms with Gasteiger partial charge >= 0.3 is 35.0 Å². The molecular formula is C45H64Cl3N3Pd-2. The van der Waals surface area contributed by atoms with Crippen molar-refractivity contribution in [3.05, 3.63) is 112 Å². The van der Waals surface area contributed by atoms with Crippen molar-refractivity contribution in [2.24, 2.45) is 5.92 Å². The summed E-state index contributed by atoms with van der Waals surface area (Å²) in [6.07, 6.45) is 23.1. The summed E-state index contributed by atoms with van der Waals surface area (Å²) >= 11 is 5.32. The fourth-order valence-corrected chi connectivity index (χ4v) is 7.59. The van der Waals surface area contributed by atoms with Gasteiger partial charge in [-0.1, -0.05) is 135 Å². The van der Waals surface area contributed by atoms with Crippen LogP contribution in [0, 0.1) is 18.2 Å². The van der Waals surface area contributed by atoms with Crippen LogP contribution in [0.15, 0.2) is 72.9 Å². The number of halogens is 3. The second-order valence-electron chi connectivity index (χ2n) is 13.9.